The molecule has 0 aliphatic heterocycles. The standard InChI is InChI=1S/C19H28N4O2S.HI/c1-5-20-19(23-12-18-21-10-14(4)26-18)22-11-17(24)15-6-8-16(9-7-15)25-13(2)3;/h6-10,13,17,24H,5,11-12H2,1-4H3,(H2,20,22,23);1H. The van der Waals surface area contributed by atoms with Gasteiger partial charge in [0.25, 0.3) is 0 Å². The van der Waals surface area contributed by atoms with Gasteiger partial charge in [-0.25, -0.2) is 9.98 Å². The zero-order valence-corrected chi connectivity index (χ0v) is 19.4. The van der Waals surface area contributed by atoms with Crippen LogP contribution in [0, 0.1) is 6.92 Å². The van der Waals surface area contributed by atoms with E-state index in [1.165, 1.54) is 4.88 Å². The molecule has 0 bridgehead atoms. The van der Waals surface area contributed by atoms with Gasteiger partial charge in [0.05, 0.1) is 18.8 Å². The second-order valence-electron chi connectivity index (χ2n) is 6.19. The number of aliphatic imine (C=N–C) groups is 1. The van der Waals surface area contributed by atoms with E-state index in [-0.39, 0.29) is 30.1 Å². The Kier molecular flexibility index (Phi) is 10.6. The van der Waals surface area contributed by atoms with Crippen LogP contribution >= 0.6 is 35.3 Å². The van der Waals surface area contributed by atoms with Crippen molar-refractivity contribution in [3.8, 4) is 5.75 Å². The molecule has 1 unspecified atom stereocenters. The van der Waals surface area contributed by atoms with Gasteiger partial charge in [0, 0.05) is 24.2 Å². The number of guanidine groups is 1. The molecule has 3 N–H and O–H groups in total. The zero-order valence-electron chi connectivity index (χ0n) is 16.2. The second kappa shape index (κ2) is 12.1. The van der Waals surface area contributed by atoms with Crippen LogP contribution in [0.5, 0.6) is 5.75 Å². The van der Waals surface area contributed by atoms with Gasteiger partial charge in [-0.2, -0.15) is 0 Å². The quantitative estimate of drug-likeness (QED) is 0.291. The Morgan fingerprint density at radius 1 is 1.26 bits per heavy atom. The highest BCUT2D eigenvalue weighted by molar-refractivity contribution is 14.0. The van der Waals surface area contributed by atoms with Gasteiger partial charge in [0.1, 0.15) is 10.8 Å². The maximum atomic E-state index is 10.4. The van der Waals surface area contributed by atoms with Gasteiger partial charge >= 0.3 is 0 Å². The number of nitrogens with one attached hydrogen (secondary N) is 2. The van der Waals surface area contributed by atoms with Crippen molar-refractivity contribution in [3.05, 3.63) is 45.9 Å². The van der Waals surface area contributed by atoms with Crippen LogP contribution in [0.1, 0.15) is 42.3 Å². The lowest BCUT2D eigenvalue weighted by Gasteiger charge is -2.16. The van der Waals surface area contributed by atoms with Crippen LogP contribution in [-0.4, -0.2) is 35.2 Å². The number of aliphatic hydroxyl groups excluding tert-OH is 1. The Morgan fingerprint density at radius 2 is 1.96 bits per heavy atom. The monoisotopic (exact) mass is 504 g/mol. The van der Waals surface area contributed by atoms with Crippen LogP contribution in [0.4, 0.5) is 0 Å². The van der Waals surface area contributed by atoms with Crippen molar-refractivity contribution in [2.45, 2.75) is 46.4 Å². The Hall–Kier alpha value is -1.39. The highest BCUT2D eigenvalue weighted by Crippen LogP contribution is 2.18. The van der Waals surface area contributed by atoms with Crippen LogP contribution in [0.2, 0.25) is 0 Å². The summed E-state index contributed by atoms with van der Waals surface area (Å²) in [5.41, 5.74) is 0.833. The number of hydrogen-bond donors (Lipinski definition) is 3. The summed E-state index contributed by atoms with van der Waals surface area (Å²) in [5, 5.41) is 17.7. The number of benzene rings is 1. The van der Waals surface area contributed by atoms with Crippen molar-refractivity contribution >= 4 is 41.3 Å². The number of aliphatic hydroxyl groups is 1. The molecule has 0 saturated carbocycles. The Morgan fingerprint density at radius 3 is 2.52 bits per heavy atom. The molecular weight excluding hydrogens is 475 g/mol. The van der Waals surface area contributed by atoms with Crippen LogP contribution in [0.25, 0.3) is 0 Å². The van der Waals surface area contributed by atoms with Crippen LogP contribution in [-0.2, 0) is 6.54 Å². The first-order valence-electron chi connectivity index (χ1n) is 8.86. The van der Waals surface area contributed by atoms with E-state index in [0.29, 0.717) is 19.0 Å². The number of rotatable bonds is 8. The van der Waals surface area contributed by atoms with Crippen LogP contribution < -0.4 is 15.4 Å². The van der Waals surface area contributed by atoms with Crippen molar-refractivity contribution in [2.75, 3.05) is 13.1 Å². The fourth-order valence-electron chi connectivity index (χ4n) is 2.31. The van der Waals surface area contributed by atoms with Gasteiger partial charge in [-0.05, 0) is 45.4 Å². The summed E-state index contributed by atoms with van der Waals surface area (Å²) in [6.45, 7) is 9.65. The number of aryl methyl sites for hydroxylation is 1. The molecule has 2 aromatic rings. The van der Waals surface area contributed by atoms with Crippen molar-refractivity contribution < 1.29 is 9.84 Å². The van der Waals surface area contributed by atoms with Gasteiger partial charge in [-0.15, -0.1) is 35.3 Å². The summed E-state index contributed by atoms with van der Waals surface area (Å²) >= 11 is 1.64. The first-order chi connectivity index (χ1) is 12.5. The highest BCUT2D eigenvalue weighted by Gasteiger charge is 2.09. The molecule has 1 aromatic heterocycles. The van der Waals surface area contributed by atoms with Crippen molar-refractivity contribution in [1.82, 2.24) is 15.6 Å². The summed E-state index contributed by atoms with van der Waals surface area (Å²) in [6.07, 6.45) is 1.36. The van der Waals surface area contributed by atoms with E-state index in [1.54, 1.807) is 11.3 Å². The molecule has 1 aromatic carbocycles. The molecule has 0 fully saturated rings. The fraction of sp³-hybridized carbons (Fsp3) is 0.474. The van der Waals surface area contributed by atoms with Gasteiger partial charge in [-0.1, -0.05) is 12.1 Å². The maximum absolute atomic E-state index is 10.4. The molecule has 0 aliphatic rings. The molecule has 6 nitrogen and oxygen atoms in total. The number of thiazole rings is 1. The van der Waals surface area contributed by atoms with E-state index in [0.717, 1.165) is 22.9 Å². The van der Waals surface area contributed by atoms with Crippen molar-refractivity contribution in [1.29, 1.82) is 0 Å². The Balaban J connectivity index is 0.00000364. The normalized spacial score (nSPS) is 12.4. The fourth-order valence-corrected chi connectivity index (χ4v) is 3.03. The molecule has 8 heteroatoms. The summed E-state index contributed by atoms with van der Waals surface area (Å²) < 4.78 is 5.62. The Bertz CT molecular complexity index is 704. The van der Waals surface area contributed by atoms with Gasteiger partial charge in [-0.3, -0.25) is 0 Å². The van der Waals surface area contributed by atoms with Gasteiger partial charge in [0.2, 0.25) is 0 Å². The SMILES string of the molecule is CCNC(=NCc1ncc(C)s1)NCC(O)c1ccc(OC(C)C)cc1.I. The molecule has 150 valence electrons. The zero-order chi connectivity index (χ0) is 18.9. The van der Waals surface area contributed by atoms with Gasteiger partial charge < -0.3 is 20.5 Å². The molecule has 0 spiro atoms. The first kappa shape index (κ1) is 23.6. The van der Waals surface area contributed by atoms with E-state index in [1.807, 2.05) is 58.2 Å². The summed E-state index contributed by atoms with van der Waals surface area (Å²) in [6, 6.07) is 7.52. The minimum Gasteiger partial charge on any atom is -0.491 e. The predicted octanol–water partition coefficient (Wildman–Crippen LogP) is 3.65. The maximum Gasteiger partial charge on any atom is 0.191 e. The molecular formula is C19H29IN4O2S. The molecule has 0 saturated heterocycles. The van der Waals surface area contributed by atoms with Crippen molar-refractivity contribution in [2.24, 2.45) is 4.99 Å². The van der Waals surface area contributed by atoms with E-state index < -0.39 is 6.10 Å². The highest BCUT2D eigenvalue weighted by atomic mass is 127. The second-order valence-corrected chi connectivity index (χ2v) is 7.51. The average molecular weight is 504 g/mol. The number of aromatic nitrogens is 1. The van der Waals surface area contributed by atoms with E-state index in [2.05, 4.69) is 20.6 Å². The van der Waals surface area contributed by atoms with E-state index in [9.17, 15) is 5.11 Å². The van der Waals surface area contributed by atoms with Crippen molar-refractivity contribution in [3.63, 3.8) is 0 Å². The molecule has 0 radical (unpaired) electrons. The largest absolute Gasteiger partial charge is 0.491 e. The molecule has 2 rings (SSSR count). The number of hydrogen-bond acceptors (Lipinski definition) is 5. The molecule has 27 heavy (non-hydrogen) atoms. The molecule has 1 atom stereocenters. The number of halogens is 1. The lowest BCUT2D eigenvalue weighted by atomic mass is 10.1. The topological polar surface area (TPSA) is 78.8 Å². The lowest BCUT2D eigenvalue weighted by Crippen LogP contribution is -2.39. The van der Waals surface area contributed by atoms with E-state index >= 15 is 0 Å². The first-order valence-corrected chi connectivity index (χ1v) is 9.67. The van der Waals surface area contributed by atoms with Gasteiger partial charge in [0.15, 0.2) is 5.96 Å². The smallest absolute Gasteiger partial charge is 0.191 e. The molecule has 0 aliphatic carbocycles. The number of nitrogens with zero attached hydrogens (tertiary/aromatic N) is 2. The summed E-state index contributed by atoms with van der Waals surface area (Å²) in [4.78, 5) is 10.0. The average Bonchev–Trinajstić information content (AvgIpc) is 3.02. The lowest BCUT2D eigenvalue weighted by molar-refractivity contribution is 0.180. The molecule has 1 heterocycles. The summed E-state index contributed by atoms with van der Waals surface area (Å²) in [7, 11) is 0. The minimum absolute atomic E-state index is 0. The predicted molar refractivity (Wildman–Crippen MR) is 122 cm³/mol. The third-order valence-corrected chi connectivity index (χ3v) is 4.38. The van der Waals surface area contributed by atoms with Crippen LogP contribution in [0.3, 0.4) is 0 Å². The number of ether oxygens (including phenoxy) is 1. The Labute approximate surface area is 182 Å². The third kappa shape index (κ3) is 8.44. The molecule has 0 amide bonds. The summed E-state index contributed by atoms with van der Waals surface area (Å²) in [5.74, 6) is 1.47. The van der Waals surface area contributed by atoms with E-state index in [4.69, 9.17) is 4.74 Å². The minimum atomic E-state index is -0.630. The third-order valence-electron chi connectivity index (χ3n) is 3.49. The van der Waals surface area contributed by atoms with Crippen LogP contribution in [0.15, 0.2) is 35.5 Å².